The minimum atomic E-state index is -0.381. The summed E-state index contributed by atoms with van der Waals surface area (Å²) in [5.74, 6) is 0. The van der Waals surface area contributed by atoms with Crippen LogP contribution in [0.15, 0.2) is 24.3 Å². The van der Waals surface area contributed by atoms with Crippen molar-refractivity contribution >= 4 is 0 Å². The smallest absolute Gasteiger partial charge is 0.0991 e. The van der Waals surface area contributed by atoms with Crippen molar-refractivity contribution in [3.8, 4) is 6.07 Å². The van der Waals surface area contributed by atoms with Gasteiger partial charge in [0.2, 0.25) is 0 Å². The van der Waals surface area contributed by atoms with Crippen LogP contribution in [0, 0.1) is 16.7 Å². The van der Waals surface area contributed by atoms with E-state index >= 15 is 0 Å². The van der Waals surface area contributed by atoms with Gasteiger partial charge in [-0.05, 0) is 17.7 Å². The lowest BCUT2D eigenvalue weighted by Crippen LogP contribution is -2.32. The van der Waals surface area contributed by atoms with Gasteiger partial charge < -0.3 is 10.8 Å². The highest BCUT2D eigenvalue weighted by Crippen LogP contribution is 2.30. The maximum atomic E-state index is 9.21. The summed E-state index contributed by atoms with van der Waals surface area (Å²) in [6.07, 6.45) is 0. The predicted octanol–water partition coefficient (Wildman–Crippen LogP) is 1.58. The molecular weight excluding hydrogens is 188 g/mol. The number of aliphatic hydroxyl groups excluding tert-OH is 1. The number of benzene rings is 1. The summed E-state index contributed by atoms with van der Waals surface area (Å²) in [6, 6.07) is 8.99. The number of rotatable bonds is 3. The van der Waals surface area contributed by atoms with E-state index in [0.29, 0.717) is 5.56 Å². The summed E-state index contributed by atoms with van der Waals surface area (Å²) in [5, 5.41) is 18.0. The van der Waals surface area contributed by atoms with Gasteiger partial charge in [0.15, 0.2) is 0 Å². The first-order valence-corrected chi connectivity index (χ1v) is 4.88. The average molecular weight is 204 g/mol. The molecule has 1 aromatic rings. The van der Waals surface area contributed by atoms with E-state index in [0.717, 1.165) is 5.56 Å². The molecule has 0 saturated heterocycles. The van der Waals surface area contributed by atoms with E-state index < -0.39 is 0 Å². The van der Waals surface area contributed by atoms with Crippen molar-refractivity contribution in [2.24, 2.45) is 11.1 Å². The second kappa shape index (κ2) is 4.43. The lowest BCUT2D eigenvalue weighted by molar-refractivity contribution is 0.132. The maximum absolute atomic E-state index is 9.21. The van der Waals surface area contributed by atoms with Crippen molar-refractivity contribution in [3.05, 3.63) is 35.4 Å². The summed E-state index contributed by atoms with van der Waals surface area (Å²) in [4.78, 5) is 0. The molecule has 0 radical (unpaired) electrons. The van der Waals surface area contributed by atoms with Gasteiger partial charge in [0, 0.05) is 18.1 Å². The molecule has 0 aliphatic carbocycles. The standard InChI is InChI=1S/C12H16N2O/c1-12(2,8-15)11(14)10-5-3-4-9(6-10)7-13/h3-6,11,15H,8,14H2,1-2H3/t11-/m1/s1. The highest BCUT2D eigenvalue weighted by atomic mass is 16.3. The van der Waals surface area contributed by atoms with Crippen LogP contribution in [-0.2, 0) is 0 Å². The largest absolute Gasteiger partial charge is 0.396 e. The molecule has 0 amide bonds. The van der Waals surface area contributed by atoms with Gasteiger partial charge in [0.1, 0.15) is 0 Å². The van der Waals surface area contributed by atoms with Gasteiger partial charge in [-0.25, -0.2) is 0 Å². The molecule has 0 spiro atoms. The third-order valence-corrected chi connectivity index (χ3v) is 2.62. The number of nitrogens with zero attached hydrogens (tertiary/aromatic N) is 1. The molecule has 0 bridgehead atoms. The van der Waals surface area contributed by atoms with E-state index in [-0.39, 0.29) is 18.1 Å². The molecule has 1 atom stereocenters. The van der Waals surface area contributed by atoms with Crippen molar-refractivity contribution in [2.45, 2.75) is 19.9 Å². The second-order valence-corrected chi connectivity index (χ2v) is 4.36. The molecule has 0 aromatic heterocycles. The molecular formula is C12H16N2O. The Hall–Kier alpha value is -1.37. The van der Waals surface area contributed by atoms with Crippen LogP contribution < -0.4 is 5.73 Å². The molecule has 15 heavy (non-hydrogen) atoms. The Kier molecular flexibility index (Phi) is 3.46. The molecule has 3 nitrogen and oxygen atoms in total. The lowest BCUT2D eigenvalue weighted by atomic mass is 9.81. The van der Waals surface area contributed by atoms with Gasteiger partial charge in [-0.1, -0.05) is 26.0 Å². The zero-order valence-corrected chi connectivity index (χ0v) is 9.07. The van der Waals surface area contributed by atoms with Gasteiger partial charge in [-0.15, -0.1) is 0 Å². The lowest BCUT2D eigenvalue weighted by Gasteiger charge is -2.29. The van der Waals surface area contributed by atoms with Gasteiger partial charge in [0.05, 0.1) is 11.6 Å². The van der Waals surface area contributed by atoms with E-state index in [9.17, 15) is 5.11 Å². The van der Waals surface area contributed by atoms with Crippen molar-refractivity contribution in [3.63, 3.8) is 0 Å². The average Bonchev–Trinajstić information content (AvgIpc) is 2.28. The van der Waals surface area contributed by atoms with E-state index in [4.69, 9.17) is 11.0 Å². The molecule has 0 aliphatic heterocycles. The van der Waals surface area contributed by atoms with Gasteiger partial charge in [-0.3, -0.25) is 0 Å². The molecule has 0 heterocycles. The summed E-state index contributed by atoms with van der Waals surface area (Å²) in [7, 11) is 0. The topological polar surface area (TPSA) is 70.0 Å². The highest BCUT2D eigenvalue weighted by Gasteiger charge is 2.26. The van der Waals surface area contributed by atoms with E-state index in [1.165, 1.54) is 0 Å². The zero-order chi connectivity index (χ0) is 11.5. The summed E-state index contributed by atoms with van der Waals surface area (Å²) < 4.78 is 0. The predicted molar refractivity (Wildman–Crippen MR) is 59.0 cm³/mol. The molecule has 80 valence electrons. The van der Waals surface area contributed by atoms with E-state index in [2.05, 4.69) is 6.07 Å². The molecule has 0 saturated carbocycles. The van der Waals surface area contributed by atoms with E-state index in [1.807, 2.05) is 19.9 Å². The highest BCUT2D eigenvalue weighted by molar-refractivity contribution is 5.34. The number of hydrogen-bond acceptors (Lipinski definition) is 3. The number of hydrogen-bond donors (Lipinski definition) is 2. The molecule has 0 aliphatic rings. The molecule has 3 heteroatoms. The van der Waals surface area contributed by atoms with Crippen LogP contribution in [0.4, 0.5) is 0 Å². The van der Waals surface area contributed by atoms with Crippen LogP contribution in [0.5, 0.6) is 0 Å². The molecule has 1 aromatic carbocycles. The fourth-order valence-corrected chi connectivity index (χ4v) is 1.35. The van der Waals surface area contributed by atoms with Crippen LogP contribution in [0.25, 0.3) is 0 Å². The van der Waals surface area contributed by atoms with Crippen LogP contribution in [0.2, 0.25) is 0 Å². The van der Waals surface area contributed by atoms with Crippen molar-refractivity contribution in [1.29, 1.82) is 5.26 Å². The van der Waals surface area contributed by atoms with Crippen LogP contribution in [0.3, 0.4) is 0 Å². The zero-order valence-electron chi connectivity index (χ0n) is 9.07. The Morgan fingerprint density at radius 3 is 2.73 bits per heavy atom. The van der Waals surface area contributed by atoms with Gasteiger partial charge in [-0.2, -0.15) is 5.26 Å². The van der Waals surface area contributed by atoms with Gasteiger partial charge in [0.25, 0.3) is 0 Å². The van der Waals surface area contributed by atoms with E-state index in [1.54, 1.807) is 18.2 Å². The maximum Gasteiger partial charge on any atom is 0.0991 e. The summed E-state index contributed by atoms with van der Waals surface area (Å²) >= 11 is 0. The monoisotopic (exact) mass is 204 g/mol. The fraction of sp³-hybridized carbons (Fsp3) is 0.417. The fourth-order valence-electron chi connectivity index (χ4n) is 1.35. The quantitative estimate of drug-likeness (QED) is 0.785. The summed E-state index contributed by atoms with van der Waals surface area (Å²) in [5.41, 5.74) is 7.13. The third-order valence-electron chi connectivity index (χ3n) is 2.62. The first kappa shape index (κ1) is 11.7. The van der Waals surface area contributed by atoms with Crippen LogP contribution >= 0.6 is 0 Å². The van der Waals surface area contributed by atoms with Crippen LogP contribution in [-0.4, -0.2) is 11.7 Å². The minimum absolute atomic E-state index is 0.0188. The number of nitrogens with two attached hydrogens (primary N) is 1. The molecule has 0 fully saturated rings. The van der Waals surface area contributed by atoms with Gasteiger partial charge >= 0.3 is 0 Å². The SMILES string of the molecule is CC(C)(CO)[C@H](N)c1cccc(C#N)c1. The Bertz CT molecular complexity index is 379. The first-order chi connectivity index (χ1) is 7.01. The molecule has 1 rings (SSSR count). The molecule has 0 unspecified atom stereocenters. The molecule has 3 N–H and O–H groups in total. The first-order valence-electron chi connectivity index (χ1n) is 4.88. The van der Waals surface area contributed by atoms with Crippen molar-refractivity contribution in [1.82, 2.24) is 0 Å². The van der Waals surface area contributed by atoms with Crippen molar-refractivity contribution in [2.75, 3.05) is 6.61 Å². The Labute approximate surface area is 90.1 Å². The Morgan fingerprint density at radius 2 is 2.20 bits per heavy atom. The normalized spacial score (nSPS) is 13.3. The Balaban J connectivity index is 3.02. The number of nitriles is 1. The summed E-state index contributed by atoms with van der Waals surface area (Å²) in [6.45, 7) is 3.82. The Morgan fingerprint density at radius 1 is 1.53 bits per heavy atom. The van der Waals surface area contributed by atoms with Crippen LogP contribution in [0.1, 0.15) is 31.0 Å². The third kappa shape index (κ3) is 2.56. The van der Waals surface area contributed by atoms with Crippen molar-refractivity contribution < 1.29 is 5.11 Å². The second-order valence-electron chi connectivity index (χ2n) is 4.36. The minimum Gasteiger partial charge on any atom is -0.396 e. The number of aliphatic hydroxyl groups is 1.